The van der Waals surface area contributed by atoms with Gasteiger partial charge in [0.2, 0.25) is 0 Å². The van der Waals surface area contributed by atoms with Gasteiger partial charge in [-0.2, -0.15) is 0 Å². The molecular weight excluding hydrogens is 414 g/mol. The third kappa shape index (κ3) is 4.17. The van der Waals surface area contributed by atoms with Crippen molar-refractivity contribution < 1.29 is 19.1 Å². The molecule has 5 fully saturated rings. The molecule has 0 radical (unpaired) electrons. The minimum absolute atomic E-state index is 0.108. The normalized spacial score (nSPS) is 39.6. The number of nitrogens with zero attached hydrogens (tertiary/aromatic N) is 1. The molecule has 5 aliphatic rings. The SMILES string of the molecule is CC(C)(C)[C@H]1OC(=O)[C@H](CC23CC4C[C@@](C)(C2)C[C@](C)(C4)C3)N1C(=O)OCc1ccccc1. The Morgan fingerprint density at radius 1 is 1.06 bits per heavy atom. The Balaban J connectivity index is 1.40. The van der Waals surface area contributed by atoms with Gasteiger partial charge in [0.05, 0.1) is 0 Å². The number of hydrogen-bond acceptors (Lipinski definition) is 4. The molecule has 1 amide bonds. The molecule has 6 atom stereocenters. The first kappa shape index (κ1) is 22.7. The van der Waals surface area contributed by atoms with Crippen LogP contribution < -0.4 is 0 Å². The lowest BCUT2D eigenvalue weighted by molar-refractivity contribution is -0.157. The van der Waals surface area contributed by atoms with E-state index in [1.807, 2.05) is 51.1 Å². The zero-order chi connectivity index (χ0) is 23.6. The van der Waals surface area contributed by atoms with Gasteiger partial charge in [-0.25, -0.2) is 9.59 Å². The van der Waals surface area contributed by atoms with Crippen molar-refractivity contribution in [2.24, 2.45) is 27.6 Å². The van der Waals surface area contributed by atoms with E-state index in [9.17, 15) is 9.59 Å². The summed E-state index contributed by atoms with van der Waals surface area (Å²) in [6.45, 7) is 11.1. The highest BCUT2D eigenvalue weighted by Crippen LogP contribution is 2.70. The molecule has 0 spiro atoms. The zero-order valence-corrected chi connectivity index (χ0v) is 20.9. The summed E-state index contributed by atoms with van der Waals surface area (Å²) in [7, 11) is 0. The number of cyclic esters (lactones) is 1. The second-order valence-corrected chi connectivity index (χ2v) is 13.5. The van der Waals surface area contributed by atoms with Crippen LogP contribution in [-0.4, -0.2) is 29.2 Å². The van der Waals surface area contributed by atoms with Gasteiger partial charge in [-0.15, -0.1) is 0 Å². The highest BCUT2D eigenvalue weighted by molar-refractivity contribution is 5.84. The first-order valence-electron chi connectivity index (χ1n) is 12.6. The fourth-order valence-corrected chi connectivity index (χ4v) is 8.64. The minimum Gasteiger partial charge on any atom is -0.444 e. The van der Waals surface area contributed by atoms with Gasteiger partial charge in [-0.3, -0.25) is 4.90 Å². The van der Waals surface area contributed by atoms with Gasteiger partial charge in [-0.05, 0) is 72.7 Å². The molecule has 4 saturated carbocycles. The molecule has 33 heavy (non-hydrogen) atoms. The number of carbonyl (C=O) groups excluding carboxylic acids is 2. The van der Waals surface area contributed by atoms with E-state index in [0.717, 1.165) is 24.3 Å². The van der Waals surface area contributed by atoms with E-state index < -0.39 is 23.8 Å². The van der Waals surface area contributed by atoms with Crippen LogP contribution in [0.2, 0.25) is 0 Å². The summed E-state index contributed by atoms with van der Waals surface area (Å²) in [5.74, 6) is 0.475. The molecule has 5 nitrogen and oxygen atoms in total. The summed E-state index contributed by atoms with van der Waals surface area (Å²) in [6.07, 6.45) is 7.04. The average molecular weight is 454 g/mol. The van der Waals surface area contributed by atoms with Crippen molar-refractivity contribution in [3.05, 3.63) is 35.9 Å². The second-order valence-electron chi connectivity index (χ2n) is 13.5. The lowest BCUT2D eigenvalue weighted by Gasteiger charge is -2.66. The van der Waals surface area contributed by atoms with E-state index in [1.54, 1.807) is 4.90 Å². The monoisotopic (exact) mass is 453 g/mol. The van der Waals surface area contributed by atoms with E-state index in [4.69, 9.17) is 9.47 Å². The minimum atomic E-state index is -0.613. The van der Waals surface area contributed by atoms with Crippen molar-refractivity contribution in [3.63, 3.8) is 0 Å². The van der Waals surface area contributed by atoms with Gasteiger partial charge in [-0.1, -0.05) is 65.0 Å². The first-order chi connectivity index (χ1) is 15.4. The van der Waals surface area contributed by atoms with Crippen LogP contribution in [0.25, 0.3) is 0 Å². The summed E-state index contributed by atoms with van der Waals surface area (Å²) in [5.41, 5.74) is 1.37. The smallest absolute Gasteiger partial charge is 0.413 e. The predicted molar refractivity (Wildman–Crippen MR) is 126 cm³/mol. The van der Waals surface area contributed by atoms with Crippen molar-refractivity contribution in [2.75, 3.05) is 0 Å². The highest BCUT2D eigenvalue weighted by Gasteiger charge is 2.62. The molecular formula is C28H39NO4. The maximum atomic E-state index is 13.4. The van der Waals surface area contributed by atoms with E-state index in [0.29, 0.717) is 17.3 Å². The van der Waals surface area contributed by atoms with Gasteiger partial charge in [0.25, 0.3) is 0 Å². The molecule has 180 valence electrons. The highest BCUT2D eigenvalue weighted by atomic mass is 16.6. The number of rotatable bonds is 4. The van der Waals surface area contributed by atoms with Gasteiger partial charge >= 0.3 is 12.1 Å². The van der Waals surface area contributed by atoms with Crippen LogP contribution in [0.1, 0.15) is 85.1 Å². The lowest BCUT2D eigenvalue weighted by Crippen LogP contribution is -2.57. The Bertz CT molecular complexity index is 917. The van der Waals surface area contributed by atoms with Crippen LogP contribution >= 0.6 is 0 Å². The van der Waals surface area contributed by atoms with Gasteiger partial charge in [0.15, 0.2) is 6.23 Å². The van der Waals surface area contributed by atoms with Crippen LogP contribution in [0.4, 0.5) is 4.79 Å². The molecule has 1 aromatic rings. The molecule has 5 heteroatoms. The van der Waals surface area contributed by atoms with Crippen LogP contribution in [0, 0.1) is 27.6 Å². The molecule has 6 rings (SSSR count). The average Bonchev–Trinajstić information content (AvgIpc) is 3.00. The van der Waals surface area contributed by atoms with Crippen LogP contribution in [-0.2, 0) is 20.9 Å². The topological polar surface area (TPSA) is 55.8 Å². The van der Waals surface area contributed by atoms with Crippen LogP contribution in [0.5, 0.6) is 0 Å². The van der Waals surface area contributed by atoms with Crippen molar-refractivity contribution in [1.82, 2.24) is 4.90 Å². The Hall–Kier alpha value is -2.04. The standard InChI is InChI=1S/C28H39NO4/c1-25(2,3)23-29(24(31)32-15-19-9-7-6-8-10-19)21(22(30)33-23)14-28-13-20-11-26(4,17-28)16-27(5,12-20)18-28/h6-10,20-21,23H,11-18H2,1-5H3/t20?,21-,23+,26-,27+,28?/m0/s1. The third-order valence-electron chi connectivity index (χ3n) is 8.61. The summed E-state index contributed by atoms with van der Waals surface area (Å²) >= 11 is 0. The summed E-state index contributed by atoms with van der Waals surface area (Å²) in [4.78, 5) is 28.3. The van der Waals surface area contributed by atoms with Crippen molar-refractivity contribution in [1.29, 1.82) is 0 Å². The number of amides is 1. The molecule has 1 saturated heterocycles. The van der Waals surface area contributed by atoms with Crippen molar-refractivity contribution >= 4 is 12.1 Å². The van der Waals surface area contributed by atoms with Gasteiger partial charge in [0.1, 0.15) is 12.6 Å². The second kappa shape index (κ2) is 7.48. The van der Waals surface area contributed by atoms with Crippen LogP contribution in [0.3, 0.4) is 0 Å². The molecule has 4 bridgehead atoms. The first-order valence-corrected chi connectivity index (χ1v) is 12.6. The van der Waals surface area contributed by atoms with Crippen LogP contribution in [0.15, 0.2) is 30.3 Å². The Morgan fingerprint density at radius 2 is 1.70 bits per heavy atom. The van der Waals surface area contributed by atoms with E-state index in [2.05, 4.69) is 13.8 Å². The number of esters is 1. The number of ether oxygens (including phenoxy) is 2. The predicted octanol–water partition coefficient (Wildman–Crippen LogP) is 6.31. The molecule has 1 aliphatic heterocycles. The van der Waals surface area contributed by atoms with E-state index >= 15 is 0 Å². The number of hydrogen-bond donors (Lipinski definition) is 0. The summed E-state index contributed by atoms with van der Waals surface area (Å²) in [5, 5.41) is 0. The molecule has 2 unspecified atom stereocenters. The molecule has 1 heterocycles. The van der Waals surface area contributed by atoms with E-state index in [1.165, 1.54) is 25.7 Å². The summed E-state index contributed by atoms with van der Waals surface area (Å²) < 4.78 is 11.6. The van der Waals surface area contributed by atoms with Crippen molar-refractivity contribution in [2.45, 2.75) is 98.4 Å². The Morgan fingerprint density at radius 3 is 2.27 bits per heavy atom. The zero-order valence-electron chi connectivity index (χ0n) is 20.9. The lowest BCUT2D eigenvalue weighted by atomic mass is 9.39. The van der Waals surface area contributed by atoms with Crippen molar-refractivity contribution in [3.8, 4) is 0 Å². The Labute approximate surface area is 198 Å². The quantitative estimate of drug-likeness (QED) is 0.501. The Kier molecular flexibility index (Phi) is 5.15. The fraction of sp³-hybridized carbons (Fsp3) is 0.714. The molecule has 1 aromatic carbocycles. The fourth-order valence-electron chi connectivity index (χ4n) is 8.64. The third-order valence-corrected chi connectivity index (χ3v) is 8.61. The van der Waals surface area contributed by atoms with E-state index in [-0.39, 0.29) is 18.0 Å². The number of carbonyl (C=O) groups is 2. The largest absolute Gasteiger partial charge is 0.444 e. The number of benzene rings is 1. The molecule has 0 N–H and O–H groups in total. The molecule has 4 aliphatic carbocycles. The molecule has 0 aromatic heterocycles. The van der Waals surface area contributed by atoms with Gasteiger partial charge in [0, 0.05) is 5.41 Å². The van der Waals surface area contributed by atoms with Gasteiger partial charge < -0.3 is 9.47 Å². The maximum Gasteiger partial charge on any atom is 0.413 e. The summed E-state index contributed by atoms with van der Waals surface area (Å²) in [6, 6.07) is 9.11. The maximum absolute atomic E-state index is 13.4.